The Bertz CT molecular complexity index is 626. The van der Waals surface area contributed by atoms with Crippen molar-refractivity contribution < 1.29 is 0 Å². The molecule has 2 aliphatic heterocycles. The fourth-order valence-corrected chi connectivity index (χ4v) is 4.88. The molecule has 0 bridgehead atoms. The first kappa shape index (κ1) is 16.6. The molecule has 24 heavy (non-hydrogen) atoms. The van der Waals surface area contributed by atoms with Crippen molar-refractivity contribution in [1.29, 1.82) is 0 Å². The summed E-state index contributed by atoms with van der Waals surface area (Å²) >= 11 is 3.68. The number of halogens is 1. The zero-order valence-corrected chi connectivity index (χ0v) is 16.0. The van der Waals surface area contributed by atoms with Crippen molar-refractivity contribution in [1.82, 2.24) is 9.80 Å². The number of rotatable bonds is 3. The van der Waals surface area contributed by atoms with Crippen molar-refractivity contribution in [3.63, 3.8) is 0 Å². The van der Waals surface area contributed by atoms with Gasteiger partial charge >= 0.3 is 0 Å². The Morgan fingerprint density at radius 1 is 0.958 bits per heavy atom. The molecule has 0 radical (unpaired) electrons. The van der Waals surface area contributed by atoms with E-state index in [1.54, 1.807) is 11.1 Å². The largest absolute Gasteiger partial charge is 0.299 e. The molecule has 1 saturated heterocycles. The number of likely N-dealkylation sites (tertiary alicyclic amines) is 1. The molecule has 4 rings (SSSR count). The predicted molar refractivity (Wildman–Crippen MR) is 104 cm³/mol. The predicted octanol–water partition coefficient (Wildman–Crippen LogP) is 4.73. The number of benzene rings is 1. The van der Waals surface area contributed by atoms with Crippen LogP contribution in [0.4, 0.5) is 0 Å². The highest BCUT2D eigenvalue weighted by Gasteiger charge is 2.28. The van der Waals surface area contributed by atoms with Gasteiger partial charge in [0.05, 0.1) is 0 Å². The number of allylic oxidation sites excluding steroid dienone is 2. The van der Waals surface area contributed by atoms with Crippen LogP contribution in [-0.2, 0) is 6.54 Å². The van der Waals surface area contributed by atoms with Gasteiger partial charge in [-0.15, -0.1) is 0 Å². The molecular weight excluding hydrogens is 360 g/mol. The van der Waals surface area contributed by atoms with Crippen LogP contribution in [0.25, 0.3) is 0 Å². The minimum absolute atomic E-state index is 0.792. The molecule has 2 heterocycles. The summed E-state index contributed by atoms with van der Waals surface area (Å²) in [7, 11) is 0. The van der Waals surface area contributed by atoms with Crippen LogP contribution in [0.2, 0.25) is 0 Å². The van der Waals surface area contributed by atoms with Crippen LogP contribution in [0.3, 0.4) is 0 Å². The highest BCUT2D eigenvalue weighted by molar-refractivity contribution is 9.11. The van der Waals surface area contributed by atoms with E-state index in [9.17, 15) is 0 Å². The summed E-state index contributed by atoms with van der Waals surface area (Å²) in [6.07, 6.45) is 8.75. The molecule has 1 fully saturated rings. The lowest BCUT2D eigenvalue weighted by molar-refractivity contribution is 0.107. The summed E-state index contributed by atoms with van der Waals surface area (Å²) in [6, 6.07) is 11.7. The average molecular weight is 387 g/mol. The van der Waals surface area contributed by atoms with Crippen LogP contribution in [0.1, 0.15) is 37.7 Å². The van der Waals surface area contributed by atoms with Crippen molar-refractivity contribution in [3.8, 4) is 0 Å². The van der Waals surface area contributed by atoms with Crippen molar-refractivity contribution in [2.45, 2.75) is 44.7 Å². The van der Waals surface area contributed by atoms with E-state index >= 15 is 0 Å². The highest BCUT2D eigenvalue weighted by Crippen LogP contribution is 2.34. The van der Waals surface area contributed by atoms with Gasteiger partial charge in [-0.05, 0) is 66.9 Å². The molecule has 0 aromatic heterocycles. The number of hydrogen-bond donors (Lipinski definition) is 0. The molecule has 1 aromatic rings. The zero-order valence-electron chi connectivity index (χ0n) is 14.4. The molecule has 2 nitrogen and oxygen atoms in total. The summed E-state index contributed by atoms with van der Waals surface area (Å²) in [5, 5.41) is 0. The van der Waals surface area contributed by atoms with Crippen molar-refractivity contribution in [2.24, 2.45) is 0 Å². The number of piperidine rings is 1. The van der Waals surface area contributed by atoms with E-state index in [0.717, 1.165) is 12.6 Å². The molecule has 128 valence electrons. The van der Waals surface area contributed by atoms with Crippen LogP contribution in [-0.4, -0.2) is 42.0 Å². The molecule has 1 aromatic carbocycles. The maximum absolute atomic E-state index is 3.68. The molecule has 0 N–H and O–H groups in total. The highest BCUT2D eigenvalue weighted by atomic mass is 79.9. The van der Waals surface area contributed by atoms with Gasteiger partial charge in [0.15, 0.2) is 0 Å². The van der Waals surface area contributed by atoms with Gasteiger partial charge in [0.1, 0.15) is 0 Å². The van der Waals surface area contributed by atoms with Crippen LogP contribution in [0.5, 0.6) is 0 Å². The number of hydrogen-bond acceptors (Lipinski definition) is 2. The quantitative estimate of drug-likeness (QED) is 0.740. The fraction of sp³-hybridized carbons (Fsp3) is 0.524. The maximum Gasteiger partial charge on any atom is 0.0233 e. The van der Waals surface area contributed by atoms with E-state index in [0.29, 0.717) is 0 Å². The lowest BCUT2D eigenvalue weighted by atomic mass is 9.90. The topological polar surface area (TPSA) is 6.48 Å². The third-order valence-electron chi connectivity index (χ3n) is 5.84. The third-order valence-corrected chi connectivity index (χ3v) is 6.46. The lowest BCUT2D eigenvalue weighted by Crippen LogP contribution is -2.47. The third kappa shape index (κ3) is 3.84. The summed E-state index contributed by atoms with van der Waals surface area (Å²) in [5.41, 5.74) is 4.77. The Balaban J connectivity index is 1.31. The van der Waals surface area contributed by atoms with E-state index in [-0.39, 0.29) is 0 Å². The summed E-state index contributed by atoms with van der Waals surface area (Å²) in [5.74, 6) is 0. The van der Waals surface area contributed by atoms with Crippen LogP contribution in [0.15, 0.2) is 52.0 Å². The monoisotopic (exact) mass is 386 g/mol. The normalized spacial score (nSPS) is 24.0. The molecule has 0 spiro atoms. The SMILES string of the molecule is BrC1=CC2=C(CC1)CN(C1CCN(Cc3ccccc3)CC1)CC2. The average Bonchev–Trinajstić information content (AvgIpc) is 2.63. The van der Waals surface area contributed by atoms with Crippen molar-refractivity contribution in [2.75, 3.05) is 26.2 Å². The zero-order chi connectivity index (χ0) is 16.4. The van der Waals surface area contributed by atoms with Crippen molar-refractivity contribution in [3.05, 3.63) is 57.6 Å². The van der Waals surface area contributed by atoms with Gasteiger partial charge in [-0.1, -0.05) is 51.8 Å². The molecule has 3 heteroatoms. The summed E-state index contributed by atoms with van der Waals surface area (Å²) in [4.78, 5) is 5.40. The van der Waals surface area contributed by atoms with E-state index in [4.69, 9.17) is 0 Å². The fourth-order valence-electron chi connectivity index (χ4n) is 4.41. The summed E-state index contributed by atoms with van der Waals surface area (Å²) in [6.45, 7) is 6.07. The Morgan fingerprint density at radius 2 is 1.75 bits per heavy atom. The van der Waals surface area contributed by atoms with E-state index in [1.807, 2.05) is 0 Å². The van der Waals surface area contributed by atoms with Gasteiger partial charge in [-0.3, -0.25) is 9.80 Å². The van der Waals surface area contributed by atoms with Gasteiger partial charge in [-0.2, -0.15) is 0 Å². The van der Waals surface area contributed by atoms with Crippen LogP contribution >= 0.6 is 15.9 Å². The van der Waals surface area contributed by atoms with Crippen LogP contribution < -0.4 is 0 Å². The molecule has 0 unspecified atom stereocenters. The Kier molecular flexibility index (Phi) is 5.21. The van der Waals surface area contributed by atoms with Gasteiger partial charge in [-0.25, -0.2) is 0 Å². The molecule has 3 aliphatic rings. The van der Waals surface area contributed by atoms with E-state index in [2.05, 4.69) is 62.1 Å². The van der Waals surface area contributed by atoms with Crippen LogP contribution in [0, 0.1) is 0 Å². The standard InChI is InChI=1S/C21H27BrN2/c22-20-7-6-19-16-24(13-8-18(19)14-20)21-9-11-23(12-10-21)15-17-4-2-1-3-5-17/h1-5,14,21H,6-13,15-16H2. The van der Waals surface area contributed by atoms with Gasteiger partial charge in [0.2, 0.25) is 0 Å². The second kappa shape index (κ2) is 7.55. The second-order valence-electron chi connectivity index (χ2n) is 7.43. The Hall–Kier alpha value is -0.900. The first-order valence-corrected chi connectivity index (χ1v) is 10.1. The molecule has 0 saturated carbocycles. The number of nitrogens with zero attached hydrogens (tertiary/aromatic N) is 2. The maximum atomic E-state index is 3.68. The first-order chi connectivity index (χ1) is 11.8. The molecular formula is C21H27BrN2. The van der Waals surface area contributed by atoms with E-state index in [1.165, 1.54) is 68.3 Å². The van der Waals surface area contributed by atoms with Gasteiger partial charge in [0.25, 0.3) is 0 Å². The van der Waals surface area contributed by atoms with Gasteiger partial charge in [0, 0.05) is 25.7 Å². The minimum Gasteiger partial charge on any atom is -0.299 e. The van der Waals surface area contributed by atoms with Gasteiger partial charge < -0.3 is 0 Å². The molecule has 0 atom stereocenters. The lowest BCUT2D eigenvalue weighted by Gasteiger charge is -2.41. The van der Waals surface area contributed by atoms with Crippen molar-refractivity contribution >= 4 is 15.9 Å². The Morgan fingerprint density at radius 3 is 2.54 bits per heavy atom. The molecule has 1 aliphatic carbocycles. The second-order valence-corrected chi connectivity index (χ2v) is 8.45. The molecule has 0 amide bonds. The first-order valence-electron chi connectivity index (χ1n) is 9.35. The Labute approximate surface area is 154 Å². The smallest absolute Gasteiger partial charge is 0.0233 e. The minimum atomic E-state index is 0.792. The van der Waals surface area contributed by atoms with E-state index < -0.39 is 0 Å². The summed E-state index contributed by atoms with van der Waals surface area (Å²) < 4.78 is 1.39.